The van der Waals surface area contributed by atoms with Crippen molar-refractivity contribution in [1.29, 1.82) is 0 Å². The molecule has 3 nitrogen and oxygen atoms in total. The summed E-state index contributed by atoms with van der Waals surface area (Å²) >= 11 is 0. The van der Waals surface area contributed by atoms with Crippen molar-refractivity contribution in [2.45, 2.75) is 6.92 Å². The maximum atomic E-state index is 11.8. The average molecular weight is 205 g/mol. The summed E-state index contributed by atoms with van der Waals surface area (Å²) in [5.74, 6) is -1.14. The molecule has 0 bridgehead atoms. The summed E-state index contributed by atoms with van der Waals surface area (Å²) in [6.45, 7) is 1.40. The van der Waals surface area contributed by atoms with E-state index in [0.29, 0.717) is 5.56 Å². The van der Waals surface area contributed by atoms with Gasteiger partial charge in [0.1, 0.15) is 0 Å². The molecule has 0 fully saturated rings. The molecule has 3 heteroatoms. The molecule has 0 aliphatic carbocycles. The molecule has 1 aromatic carbocycles. The molecule has 15 heavy (non-hydrogen) atoms. The highest BCUT2D eigenvalue weighted by atomic mass is 16.5. The van der Waals surface area contributed by atoms with Gasteiger partial charge in [-0.1, -0.05) is 30.3 Å². The lowest BCUT2D eigenvalue weighted by molar-refractivity contribution is -0.136. The summed E-state index contributed by atoms with van der Waals surface area (Å²) in [5, 5.41) is 0. The number of ketones is 1. The second-order valence-corrected chi connectivity index (χ2v) is 2.94. The number of hydrogen-bond donors (Lipinski definition) is 0. The molecule has 0 atom stereocenters. The van der Waals surface area contributed by atoms with Crippen LogP contribution < -0.4 is 0 Å². The highest BCUT2D eigenvalue weighted by molar-refractivity contribution is 6.08. The van der Waals surface area contributed by atoms with Crippen molar-refractivity contribution in [2.75, 3.05) is 7.11 Å². The normalized spacial score (nSPS) is 12.5. The first-order valence-electron chi connectivity index (χ1n) is 4.93. The van der Waals surface area contributed by atoms with Crippen LogP contribution in [0.2, 0.25) is 0 Å². The Morgan fingerprint density at radius 2 is 1.93 bits per heavy atom. The fourth-order valence-corrected chi connectivity index (χ4v) is 1.04. The van der Waals surface area contributed by atoms with Crippen LogP contribution in [0.3, 0.4) is 0 Å². The number of ether oxygens (including phenoxy) is 1. The van der Waals surface area contributed by atoms with E-state index >= 15 is 0 Å². The number of carbonyl (C=O) groups excluding carboxylic acids is 2. The largest absolute Gasteiger partial charge is 0.466 e. The first-order chi connectivity index (χ1) is 7.57. The summed E-state index contributed by atoms with van der Waals surface area (Å²) < 4.78 is 12.0. The fourth-order valence-electron chi connectivity index (χ4n) is 1.04. The zero-order chi connectivity index (χ0) is 12.1. The number of rotatable bonds is 3. The van der Waals surface area contributed by atoms with Gasteiger partial charge in [0.15, 0.2) is 5.78 Å². The predicted molar refractivity (Wildman–Crippen MR) is 56.5 cm³/mol. The van der Waals surface area contributed by atoms with Gasteiger partial charge >= 0.3 is 5.97 Å². The summed E-state index contributed by atoms with van der Waals surface area (Å²) in [5.41, 5.74) is 0.395. The van der Waals surface area contributed by atoms with Crippen LogP contribution in [0.1, 0.15) is 18.7 Å². The molecule has 78 valence electrons. The zero-order valence-electron chi connectivity index (χ0n) is 9.61. The zero-order valence-corrected chi connectivity index (χ0v) is 8.61. The number of hydrogen-bond acceptors (Lipinski definition) is 3. The number of methoxy groups -OCH3 is 1. The number of benzene rings is 1. The quantitative estimate of drug-likeness (QED) is 0.430. The third-order valence-electron chi connectivity index (χ3n) is 1.83. The van der Waals surface area contributed by atoms with E-state index in [0.717, 1.165) is 0 Å². The molecule has 0 heterocycles. The maximum Gasteiger partial charge on any atom is 0.333 e. The molecule has 0 saturated heterocycles. The van der Waals surface area contributed by atoms with Crippen molar-refractivity contribution in [3.8, 4) is 0 Å². The van der Waals surface area contributed by atoms with Crippen molar-refractivity contribution in [3.63, 3.8) is 0 Å². The Kier molecular flexibility index (Phi) is 3.28. The smallest absolute Gasteiger partial charge is 0.333 e. The van der Waals surface area contributed by atoms with E-state index in [4.69, 9.17) is 1.37 Å². The second kappa shape index (κ2) is 5.10. The van der Waals surface area contributed by atoms with Gasteiger partial charge in [-0.15, -0.1) is 0 Å². The number of allylic oxidation sites excluding steroid dienone is 1. The molecule has 0 amide bonds. The van der Waals surface area contributed by atoms with Crippen molar-refractivity contribution >= 4 is 11.8 Å². The van der Waals surface area contributed by atoms with Crippen LogP contribution in [-0.4, -0.2) is 18.9 Å². The minimum atomic E-state index is -0.658. The Morgan fingerprint density at radius 3 is 2.47 bits per heavy atom. The molecular formula is C12H12O3. The molecule has 0 aliphatic heterocycles. The first kappa shape index (κ1) is 9.65. The molecule has 1 aromatic rings. The molecule has 0 spiro atoms. The Bertz CT molecular complexity index is 435. The second-order valence-electron chi connectivity index (χ2n) is 2.94. The molecule has 0 aromatic heterocycles. The third kappa shape index (κ3) is 3.06. The Morgan fingerprint density at radius 1 is 1.33 bits per heavy atom. The summed E-state index contributed by atoms with van der Waals surface area (Å²) in [4.78, 5) is 22.9. The predicted octanol–water partition coefficient (Wildman–Crippen LogP) is 1.99. The van der Waals surface area contributed by atoms with Crippen molar-refractivity contribution in [1.82, 2.24) is 0 Å². The number of esters is 1. The third-order valence-corrected chi connectivity index (χ3v) is 1.83. The molecule has 0 radical (unpaired) electrons. The first-order valence-corrected chi connectivity index (χ1v) is 4.43. The Hall–Kier alpha value is -1.90. The van der Waals surface area contributed by atoms with Crippen LogP contribution in [0.5, 0.6) is 0 Å². The van der Waals surface area contributed by atoms with Gasteiger partial charge in [0.2, 0.25) is 0 Å². The minimum Gasteiger partial charge on any atom is -0.466 e. The topological polar surface area (TPSA) is 43.4 Å². The molecule has 1 rings (SSSR count). The number of carbonyl (C=O) groups is 2. The summed E-state index contributed by atoms with van der Waals surface area (Å²) in [7, 11) is 1.21. The van der Waals surface area contributed by atoms with Gasteiger partial charge in [-0.3, -0.25) is 4.79 Å². The van der Waals surface area contributed by atoms with Gasteiger partial charge in [0.05, 0.1) is 8.48 Å². The maximum absolute atomic E-state index is 11.8. The fraction of sp³-hybridized carbons (Fsp3) is 0.167. The molecular weight excluding hydrogens is 192 g/mol. The lowest BCUT2D eigenvalue weighted by Crippen LogP contribution is -2.04. The summed E-state index contributed by atoms with van der Waals surface area (Å²) in [6.07, 6.45) is 0. The van der Waals surface area contributed by atoms with Crippen molar-refractivity contribution in [3.05, 3.63) is 47.5 Å². The monoisotopic (exact) mass is 205 g/mol. The van der Waals surface area contributed by atoms with E-state index in [1.165, 1.54) is 14.0 Å². The van der Waals surface area contributed by atoms with Crippen LogP contribution in [0, 0.1) is 0 Å². The van der Waals surface area contributed by atoms with E-state index < -0.39 is 11.8 Å². The Labute approximate surface area is 89.8 Å². The lowest BCUT2D eigenvalue weighted by atomic mass is 10.1. The molecule has 0 aliphatic rings. The van der Waals surface area contributed by atoms with Gasteiger partial charge in [-0.25, -0.2) is 4.79 Å². The highest BCUT2D eigenvalue weighted by Crippen LogP contribution is 2.04. The van der Waals surface area contributed by atoms with Crippen LogP contribution in [0.15, 0.2) is 42.0 Å². The molecule has 0 saturated carbocycles. The van der Waals surface area contributed by atoms with Crippen LogP contribution in [0.4, 0.5) is 0 Å². The van der Waals surface area contributed by atoms with Crippen LogP contribution in [0.25, 0.3) is 0 Å². The van der Waals surface area contributed by atoms with Crippen molar-refractivity contribution < 1.29 is 15.7 Å². The lowest BCUT2D eigenvalue weighted by Gasteiger charge is -1.98. The van der Waals surface area contributed by atoms with Gasteiger partial charge < -0.3 is 4.74 Å². The Balaban J connectivity index is 3.03. The van der Waals surface area contributed by atoms with Crippen molar-refractivity contribution in [2.24, 2.45) is 0 Å². The minimum absolute atomic E-state index is 0.0105. The van der Waals surface area contributed by atoms with E-state index in [9.17, 15) is 9.59 Å². The molecule has 0 N–H and O–H groups in total. The van der Waals surface area contributed by atoms with E-state index in [1.807, 2.05) is 0 Å². The van der Waals surface area contributed by atoms with Gasteiger partial charge in [0.25, 0.3) is 0 Å². The SMILES string of the molecule is [2H]/C(C(=O)c1ccccc1)=C(/C)C(=O)OC. The van der Waals surface area contributed by atoms with Crippen LogP contribution in [-0.2, 0) is 9.53 Å². The van der Waals surface area contributed by atoms with E-state index in [-0.39, 0.29) is 11.6 Å². The van der Waals surface area contributed by atoms with E-state index in [1.54, 1.807) is 30.3 Å². The van der Waals surface area contributed by atoms with Gasteiger partial charge in [0, 0.05) is 11.1 Å². The highest BCUT2D eigenvalue weighted by Gasteiger charge is 2.07. The summed E-state index contributed by atoms with van der Waals surface area (Å²) in [6, 6.07) is 8.04. The van der Waals surface area contributed by atoms with Crippen LogP contribution >= 0.6 is 0 Å². The molecule has 0 unspecified atom stereocenters. The van der Waals surface area contributed by atoms with Gasteiger partial charge in [-0.2, -0.15) is 0 Å². The average Bonchev–Trinajstić information content (AvgIpc) is 2.36. The van der Waals surface area contributed by atoms with E-state index in [2.05, 4.69) is 4.74 Å². The standard InChI is InChI=1S/C12H12O3/c1-9(12(14)15-2)8-11(13)10-6-4-3-5-7-10/h3-8H,1-2H3/b9-8+/i8D. The van der Waals surface area contributed by atoms with Gasteiger partial charge in [-0.05, 0) is 13.0 Å².